The minimum Gasteiger partial charge on any atom is -0.492 e. The summed E-state index contributed by atoms with van der Waals surface area (Å²) in [4.78, 5) is 21.3. The summed E-state index contributed by atoms with van der Waals surface area (Å²) in [6, 6.07) is 11.9. The number of aryl methyl sites for hydroxylation is 1. The van der Waals surface area contributed by atoms with E-state index in [1.165, 1.54) is 0 Å². The molecular weight excluding hydrogens is 422 g/mol. The van der Waals surface area contributed by atoms with Crippen LogP contribution in [0.4, 0.5) is 5.69 Å². The molecule has 4 aromatic rings. The molecule has 1 aliphatic carbocycles. The van der Waals surface area contributed by atoms with Gasteiger partial charge in [-0.3, -0.25) is 9.00 Å². The number of ether oxygens (including phenoxy) is 1. The SMILES string of the molecule is CCS(=O)c1cccc(-c2cc(NC(=O)C3CC3)c(OC)c3[nH]c4ncc(C)cc4c23)c1. The second kappa shape index (κ2) is 8.06. The smallest absolute Gasteiger partial charge is 0.227 e. The van der Waals surface area contributed by atoms with E-state index in [1.807, 2.05) is 50.4 Å². The highest BCUT2D eigenvalue weighted by atomic mass is 32.2. The number of aromatic nitrogens is 2. The van der Waals surface area contributed by atoms with E-state index in [9.17, 15) is 9.00 Å². The molecule has 6 nitrogen and oxygen atoms in total. The highest BCUT2D eigenvalue weighted by molar-refractivity contribution is 7.85. The van der Waals surface area contributed by atoms with Crippen LogP contribution in [0.15, 0.2) is 47.5 Å². The van der Waals surface area contributed by atoms with E-state index in [0.717, 1.165) is 56.4 Å². The standard InChI is InChI=1S/C25H25N3O3S/c1-4-32(30)17-7-5-6-16(11-17)18-12-20(27-25(29)15-8-9-15)23(31-3)22-21(18)19-10-14(2)13-26-24(19)28-22/h5-7,10-13,15H,4,8-9H2,1-3H3,(H,26,28)(H,27,29). The molecule has 0 spiro atoms. The number of aromatic amines is 1. The molecule has 1 saturated carbocycles. The molecule has 1 amide bonds. The number of nitrogens with zero attached hydrogens (tertiary/aromatic N) is 1. The highest BCUT2D eigenvalue weighted by Gasteiger charge is 2.31. The molecule has 5 rings (SSSR count). The van der Waals surface area contributed by atoms with Crippen molar-refractivity contribution in [2.45, 2.75) is 31.6 Å². The van der Waals surface area contributed by atoms with Crippen LogP contribution in [0.3, 0.4) is 0 Å². The Hall–Kier alpha value is -3.19. The molecule has 0 saturated heterocycles. The van der Waals surface area contributed by atoms with E-state index < -0.39 is 10.8 Å². The molecule has 1 aliphatic rings. The topological polar surface area (TPSA) is 84.1 Å². The third-order valence-electron chi connectivity index (χ3n) is 5.90. The minimum atomic E-state index is -1.06. The number of rotatable bonds is 6. The zero-order valence-electron chi connectivity index (χ0n) is 18.3. The zero-order valence-corrected chi connectivity index (χ0v) is 19.1. The predicted molar refractivity (Wildman–Crippen MR) is 129 cm³/mol. The summed E-state index contributed by atoms with van der Waals surface area (Å²) in [5.74, 6) is 1.22. The second-order valence-corrected chi connectivity index (χ2v) is 9.95. The summed E-state index contributed by atoms with van der Waals surface area (Å²) >= 11 is 0. The Kier molecular flexibility index (Phi) is 5.21. The van der Waals surface area contributed by atoms with Crippen LogP contribution in [0.1, 0.15) is 25.3 Å². The fourth-order valence-electron chi connectivity index (χ4n) is 4.13. The molecule has 2 N–H and O–H groups in total. The third kappa shape index (κ3) is 3.56. The number of anilines is 1. The molecule has 0 radical (unpaired) electrons. The summed E-state index contributed by atoms with van der Waals surface area (Å²) in [6.07, 6.45) is 3.66. The van der Waals surface area contributed by atoms with Crippen molar-refractivity contribution < 1.29 is 13.7 Å². The van der Waals surface area contributed by atoms with Gasteiger partial charge in [0.2, 0.25) is 5.91 Å². The molecule has 1 fully saturated rings. The van der Waals surface area contributed by atoms with Gasteiger partial charge in [0.05, 0.1) is 29.1 Å². The molecule has 0 aliphatic heterocycles. The first-order chi connectivity index (χ1) is 15.5. The number of nitrogens with one attached hydrogen (secondary N) is 2. The van der Waals surface area contributed by atoms with E-state index in [4.69, 9.17) is 4.74 Å². The van der Waals surface area contributed by atoms with Crippen molar-refractivity contribution in [2.24, 2.45) is 5.92 Å². The Labute approximate surface area is 188 Å². The number of carbonyl (C=O) groups excluding carboxylic acids is 1. The largest absolute Gasteiger partial charge is 0.492 e. The molecule has 32 heavy (non-hydrogen) atoms. The zero-order chi connectivity index (χ0) is 22.4. The van der Waals surface area contributed by atoms with Gasteiger partial charge in [0.1, 0.15) is 5.65 Å². The van der Waals surface area contributed by atoms with Crippen molar-refractivity contribution in [2.75, 3.05) is 18.2 Å². The van der Waals surface area contributed by atoms with Gasteiger partial charge in [0.25, 0.3) is 0 Å². The Morgan fingerprint density at radius 3 is 2.81 bits per heavy atom. The Morgan fingerprint density at radius 1 is 1.28 bits per heavy atom. The molecule has 2 heterocycles. The van der Waals surface area contributed by atoms with Gasteiger partial charge in [-0.1, -0.05) is 19.1 Å². The van der Waals surface area contributed by atoms with Crippen molar-refractivity contribution in [1.29, 1.82) is 0 Å². The highest BCUT2D eigenvalue weighted by Crippen LogP contribution is 2.44. The number of hydrogen-bond acceptors (Lipinski definition) is 4. The van der Waals surface area contributed by atoms with E-state index in [1.54, 1.807) is 7.11 Å². The van der Waals surface area contributed by atoms with Crippen LogP contribution in [-0.2, 0) is 15.6 Å². The average Bonchev–Trinajstić information content (AvgIpc) is 3.59. The fraction of sp³-hybridized carbons (Fsp3) is 0.280. The van der Waals surface area contributed by atoms with Crippen molar-refractivity contribution in [1.82, 2.24) is 9.97 Å². The summed E-state index contributed by atoms with van der Waals surface area (Å²) in [6.45, 7) is 3.92. The molecule has 0 bridgehead atoms. The van der Waals surface area contributed by atoms with Gasteiger partial charge in [-0.05, 0) is 60.7 Å². The number of carbonyl (C=O) groups is 1. The molecule has 1 unspecified atom stereocenters. The maximum Gasteiger partial charge on any atom is 0.227 e. The second-order valence-electron chi connectivity index (χ2n) is 8.21. The van der Waals surface area contributed by atoms with Crippen LogP contribution < -0.4 is 10.1 Å². The molecular formula is C25H25N3O3S. The van der Waals surface area contributed by atoms with Gasteiger partial charge in [-0.15, -0.1) is 0 Å². The van der Waals surface area contributed by atoms with Gasteiger partial charge >= 0.3 is 0 Å². The maximum atomic E-state index is 12.6. The third-order valence-corrected chi connectivity index (χ3v) is 7.20. The number of benzene rings is 2. The Balaban J connectivity index is 1.81. The number of H-pyrrole nitrogens is 1. The number of fused-ring (bicyclic) bond motifs is 3. The van der Waals surface area contributed by atoms with Crippen LogP contribution in [0.25, 0.3) is 33.1 Å². The lowest BCUT2D eigenvalue weighted by molar-refractivity contribution is -0.117. The monoisotopic (exact) mass is 447 g/mol. The normalized spacial score (nSPS) is 14.6. The van der Waals surface area contributed by atoms with Gasteiger partial charge in [0, 0.05) is 33.5 Å². The molecule has 2 aromatic heterocycles. The van der Waals surface area contributed by atoms with E-state index >= 15 is 0 Å². The average molecular weight is 448 g/mol. The minimum absolute atomic E-state index is 0.0134. The Bertz CT molecular complexity index is 1390. The Morgan fingerprint density at radius 2 is 2.09 bits per heavy atom. The van der Waals surface area contributed by atoms with Gasteiger partial charge in [0.15, 0.2) is 5.75 Å². The van der Waals surface area contributed by atoms with Gasteiger partial charge < -0.3 is 15.0 Å². The van der Waals surface area contributed by atoms with Crippen LogP contribution >= 0.6 is 0 Å². The summed E-state index contributed by atoms with van der Waals surface area (Å²) in [5, 5.41) is 5.02. The first-order valence-electron chi connectivity index (χ1n) is 10.8. The van der Waals surface area contributed by atoms with Crippen molar-refractivity contribution >= 4 is 44.3 Å². The maximum absolute atomic E-state index is 12.6. The van der Waals surface area contributed by atoms with Crippen molar-refractivity contribution in [3.8, 4) is 16.9 Å². The van der Waals surface area contributed by atoms with Crippen LogP contribution in [0.5, 0.6) is 5.75 Å². The molecule has 2 aromatic carbocycles. The lowest BCUT2D eigenvalue weighted by atomic mass is 9.98. The first kappa shape index (κ1) is 20.7. The lowest BCUT2D eigenvalue weighted by Gasteiger charge is -2.15. The quantitative estimate of drug-likeness (QED) is 0.427. The van der Waals surface area contributed by atoms with Crippen molar-refractivity contribution in [3.05, 3.63) is 48.2 Å². The summed E-state index contributed by atoms with van der Waals surface area (Å²) in [7, 11) is 0.545. The van der Waals surface area contributed by atoms with Gasteiger partial charge in [-0.2, -0.15) is 0 Å². The predicted octanol–water partition coefficient (Wildman–Crippen LogP) is 5.18. The summed E-state index contributed by atoms with van der Waals surface area (Å²) in [5.41, 5.74) is 5.07. The van der Waals surface area contributed by atoms with Gasteiger partial charge in [-0.25, -0.2) is 4.98 Å². The fourth-order valence-corrected chi connectivity index (χ4v) is 4.95. The van der Waals surface area contributed by atoms with Crippen LogP contribution in [0, 0.1) is 12.8 Å². The van der Waals surface area contributed by atoms with Crippen LogP contribution in [0.2, 0.25) is 0 Å². The van der Waals surface area contributed by atoms with Crippen LogP contribution in [-0.4, -0.2) is 32.9 Å². The number of methoxy groups -OCH3 is 1. The number of pyridine rings is 1. The number of amides is 1. The van der Waals surface area contributed by atoms with E-state index in [2.05, 4.69) is 21.4 Å². The molecule has 1 atom stereocenters. The van der Waals surface area contributed by atoms with E-state index in [-0.39, 0.29) is 11.8 Å². The lowest BCUT2D eigenvalue weighted by Crippen LogP contribution is -2.14. The molecule has 7 heteroatoms. The summed E-state index contributed by atoms with van der Waals surface area (Å²) < 4.78 is 18.2. The number of hydrogen-bond donors (Lipinski definition) is 2. The van der Waals surface area contributed by atoms with E-state index in [0.29, 0.717) is 17.2 Å². The van der Waals surface area contributed by atoms with Crippen molar-refractivity contribution in [3.63, 3.8) is 0 Å². The molecule has 164 valence electrons. The first-order valence-corrected chi connectivity index (χ1v) is 12.1.